The number of para-hydroxylation sites is 1. The van der Waals surface area contributed by atoms with Gasteiger partial charge in [-0.3, -0.25) is 4.79 Å². The maximum Gasteiger partial charge on any atom is 0.435 e. The summed E-state index contributed by atoms with van der Waals surface area (Å²) in [5.74, 6) is -0.114. The lowest BCUT2D eigenvalue weighted by molar-refractivity contribution is -0.141. The molecule has 2 heterocycles. The van der Waals surface area contributed by atoms with Crippen molar-refractivity contribution in [1.82, 2.24) is 14.7 Å². The average molecular weight is 482 g/mol. The molecule has 0 radical (unpaired) electrons. The SMILES string of the molecule is O=C(c1ccc(-c2cc(C(F)(F)F)nn2-c2ccccc2Cl)cc1)N1CCc2ccccc2C1. The molecule has 5 rings (SSSR count). The molecule has 0 saturated heterocycles. The van der Waals surface area contributed by atoms with E-state index in [1.165, 1.54) is 10.2 Å². The van der Waals surface area contributed by atoms with Gasteiger partial charge in [-0.15, -0.1) is 0 Å². The molecule has 0 spiro atoms. The summed E-state index contributed by atoms with van der Waals surface area (Å²) in [7, 11) is 0. The predicted octanol–water partition coefficient (Wildman–Crippen LogP) is 6.41. The number of halogens is 4. The van der Waals surface area contributed by atoms with E-state index in [0.717, 1.165) is 18.1 Å². The molecule has 0 atom stereocenters. The Bertz CT molecular complexity index is 1360. The van der Waals surface area contributed by atoms with Gasteiger partial charge in [0.1, 0.15) is 0 Å². The summed E-state index contributed by atoms with van der Waals surface area (Å²) in [6.07, 6.45) is -3.82. The van der Waals surface area contributed by atoms with Crippen molar-refractivity contribution in [2.24, 2.45) is 0 Å². The number of rotatable bonds is 3. The molecule has 0 saturated carbocycles. The minimum Gasteiger partial charge on any atom is -0.334 e. The Kier molecular flexibility index (Phi) is 5.65. The zero-order valence-electron chi connectivity index (χ0n) is 17.9. The third-order valence-corrected chi connectivity index (χ3v) is 6.25. The van der Waals surface area contributed by atoms with E-state index < -0.39 is 11.9 Å². The van der Waals surface area contributed by atoms with Gasteiger partial charge >= 0.3 is 6.18 Å². The topological polar surface area (TPSA) is 38.1 Å². The van der Waals surface area contributed by atoms with Gasteiger partial charge < -0.3 is 4.90 Å². The Balaban J connectivity index is 1.46. The molecule has 1 aromatic heterocycles. The van der Waals surface area contributed by atoms with Crippen LogP contribution in [0.3, 0.4) is 0 Å². The minimum absolute atomic E-state index is 0.114. The molecular weight excluding hydrogens is 463 g/mol. The maximum absolute atomic E-state index is 13.4. The van der Waals surface area contributed by atoms with Crippen molar-refractivity contribution in [2.75, 3.05) is 6.54 Å². The van der Waals surface area contributed by atoms with Gasteiger partial charge in [0, 0.05) is 24.2 Å². The highest BCUT2D eigenvalue weighted by Crippen LogP contribution is 2.34. The molecule has 0 unspecified atom stereocenters. The summed E-state index contributed by atoms with van der Waals surface area (Å²) in [4.78, 5) is 14.9. The van der Waals surface area contributed by atoms with Gasteiger partial charge in [0.25, 0.3) is 5.91 Å². The van der Waals surface area contributed by atoms with E-state index in [2.05, 4.69) is 11.2 Å². The fraction of sp³-hybridized carbons (Fsp3) is 0.154. The third-order valence-electron chi connectivity index (χ3n) is 5.93. The fourth-order valence-electron chi connectivity index (χ4n) is 4.17. The van der Waals surface area contributed by atoms with Gasteiger partial charge in [-0.1, -0.05) is 60.1 Å². The summed E-state index contributed by atoms with van der Waals surface area (Å²) in [5, 5.41) is 4.05. The van der Waals surface area contributed by atoms with Crippen molar-refractivity contribution < 1.29 is 18.0 Å². The lowest BCUT2D eigenvalue weighted by Gasteiger charge is -2.29. The van der Waals surface area contributed by atoms with Gasteiger partial charge in [-0.25, -0.2) is 4.68 Å². The van der Waals surface area contributed by atoms with E-state index in [-0.39, 0.29) is 16.6 Å². The number of aromatic nitrogens is 2. The van der Waals surface area contributed by atoms with Crippen molar-refractivity contribution in [3.8, 4) is 16.9 Å². The summed E-state index contributed by atoms with van der Waals surface area (Å²) in [6, 6.07) is 22.1. The van der Waals surface area contributed by atoms with Crippen LogP contribution in [-0.4, -0.2) is 27.1 Å². The van der Waals surface area contributed by atoms with Crippen LogP contribution < -0.4 is 0 Å². The quantitative estimate of drug-likeness (QED) is 0.339. The molecule has 4 aromatic rings. The first kappa shape index (κ1) is 22.2. The summed E-state index contributed by atoms with van der Waals surface area (Å²) < 4.78 is 41.5. The van der Waals surface area contributed by atoms with Crippen molar-refractivity contribution in [1.29, 1.82) is 0 Å². The molecule has 1 aliphatic rings. The van der Waals surface area contributed by atoms with E-state index >= 15 is 0 Å². The number of amides is 1. The van der Waals surface area contributed by atoms with E-state index in [1.54, 1.807) is 53.4 Å². The summed E-state index contributed by atoms with van der Waals surface area (Å²) in [6.45, 7) is 1.15. The highest BCUT2D eigenvalue weighted by molar-refractivity contribution is 6.32. The molecule has 1 amide bonds. The van der Waals surface area contributed by atoms with Crippen LogP contribution in [0, 0.1) is 0 Å². The highest BCUT2D eigenvalue weighted by Gasteiger charge is 2.35. The predicted molar refractivity (Wildman–Crippen MR) is 124 cm³/mol. The Morgan fingerprint density at radius 3 is 2.29 bits per heavy atom. The van der Waals surface area contributed by atoms with Gasteiger partial charge in [0.05, 0.1) is 16.4 Å². The summed E-state index contributed by atoms with van der Waals surface area (Å²) >= 11 is 6.24. The molecule has 1 aliphatic heterocycles. The number of alkyl halides is 3. The van der Waals surface area contributed by atoms with Gasteiger partial charge in [0.15, 0.2) is 5.69 Å². The van der Waals surface area contributed by atoms with Crippen LogP contribution in [0.15, 0.2) is 78.9 Å². The second-order valence-corrected chi connectivity index (χ2v) is 8.51. The van der Waals surface area contributed by atoms with Gasteiger partial charge in [0.2, 0.25) is 0 Å². The second kappa shape index (κ2) is 8.65. The van der Waals surface area contributed by atoms with E-state index in [9.17, 15) is 18.0 Å². The number of carbonyl (C=O) groups excluding carboxylic acids is 1. The van der Waals surface area contributed by atoms with Crippen LogP contribution in [0.5, 0.6) is 0 Å². The molecular formula is C26H19ClF3N3O. The van der Waals surface area contributed by atoms with Crippen LogP contribution >= 0.6 is 11.6 Å². The van der Waals surface area contributed by atoms with Crippen LogP contribution in [0.4, 0.5) is 13.2 Å². The molecule has 3 aromatic carbocycles. The first-order chi connectivity index (χ1) is 16.3. The van der Waals surface area contributed by atoms with Crippen molar-refractivity contribution in [3.63, 3.8) is 0 Å². The molecule has 4 nitrogen and oxygen atoms in total. The van der Waals surface area contributed by atoms with Crippen molar-refractivity contribution in [3.05, 3.63) is 106 Å². The van der Waals surface area contributed by atoms with Crippen LogP contribution in [0.2, 0.25) is 5.02 Å². The first-order valence-corrected chi connectivity index (χ1v) is 11.1. The van der Waals surface area contributed by atoms with Crippen LogP contribution in [0.1, 0.15) is 27.2 Å². The van der Waals surface area contributed by atoms with E-state index in [4.69, 9.17) is 11.6 Å². The fourth-order valence-corrected chi connectivity index (χ4v) is 4.38. The van der Waals surface area contributed by atoms with Gasteiger partial charge in [-0.05, 0) is 47.9 Å². The van der Waals surface area contributed by atoms with Crippen LogP contribution in [0.25, 0.3) is 16.9 Å². The molecule has 0 bridgehead atoms. The molecule has 0 fully saturated rings. The van der Waals surface area contributed by atoms with Crippen molar-refractivity contribution >= 4 is 17.5 Å². The Morgan fingerprint density at radius 1 is 0.912 bits per heavy atom. The lowest BCUT2D eigenvalue weighted by Crippen LogP contribution is -2.35. The molecule has 172 valence electrons. The normalized spacial score (nSPS) is 13.6. The number of hydrogen-bond acceptors (Lipinski definition) is 2. The lowest BCUT2D eigenvalue weighted by atomic mass is 9.99. The standard InChI is InChI=1S/C26H19ClF3N3O/c27-21-7-3-4-8-22(21)33-23(15-24(31-33)26(28,29)30)18-9-11-19(12-10-18)25(34)32-14-13-17-5-1-2-6-20(17)16-32/h1-12,15H,13-14,16H2. The van der Waals surface area contributed by atoms with Crippen molar-refractivity contribution in [2.45, 2.75) is 19.1 Å². The Morgan fingerprint density at radius 2 is 1.59 bits per heavy atom. The largest absolute Gasteiger partial charge is 0.435 e. The zero-order valence-corrected chi connectivity index (χ0v) is 18.6. The molecule has 34 heavy (non-hydrogen) atoms. The number of fused-ring (bicyclic) bond motifs is 1. The molecule has 8 heteroatoms. The number of hydrogen-bond donors (Lipinski definition) is 0. The second-order valence-electron chi connectivity index (χ2n) is 8.10. The first-order valence-electron chi connectivity index (χ1n) is 10.7. The minimum atomic E-state index is -4.61. The number of nitrogens with zero attached hydrogens (tertiary/aromatic N) is 3. The average Bonchev–Trinajstić information content (AvgIpc) is 3.30. The third kappa shape index (κ3) is 4.19. The number of benzene rings is 3. The van der Waals surface area contributed by atoms with E-state index in [0.29, 0.717) is 29.9 Å². The van der Waals surface area contributed by atoms with E-state index in [1.807, 2.05) is 18.2 Å². The Hall–Kier alpha value is -3.58. The molecule has 0 aliphatic carbocycles. The smallest absolute Gasteiger partial charge is 0.334 e. The maximum atomic E-state index is 13.4. The van der Waals surface area contributed by atoms with Crippen LogP contribution in [-0.2, 0) is 19.1 Å². The zero-order chi connectivity index (χ0) is 23.9. The molecule has 0 N–H and O–H groups in total. The summed E-state index contributed by atoms with van der Waals surface area (Å²) in [5.41, 5.74) is 2.88. The van der Waals surface area contributed by atoms with Gasteiger partial charge in [-0.2, -0.15) is 18.3 Å². The highest BCUT2D eigenvalue weighted by atomic mass is 35.5. The monoisotopic (exact) mass is 481 g/mol. The number of carbonyl (C=O) groups is 1. The Labute approximate surface area is 199 Å².